The van der Waals surface area contributed by atoms with Crippen LogP contribution >= 0.6 is 0 Å². The van der Waals surface area contributed by atoms with Crippen molar-refractivity contribution in [3.8, 4) is 5.75 Å². The van der Waals surface area contributed by atoms with Crippen molar-refractivity contribution >= 4 is 5.82 Å². The lowest BCUT2D eigenvalue weighted by Gasteiger charge is -2.19. The number of rotatable bonds is 3. The number of benzene rings is 1. The fourth-order valence-electron chi connectivity index (χ4n) is 2.85. The van der Waals surface area contributed by atoms with E-state index in [0.29, 0.717) is 5.92 Å². The number of nitrogens with one attached hydrogen (secondary N) is 1. The summed E-state index contributed by atoms with van der Waals surface area (Å²) < 4.78 is 5.82. The van der Waals surface area contributed by atoms with Crippen LogP contribution in [0.5, 0.6) is 5.75 Å². The van der Waals surface area contributed by atoms with Gasteiger partial charge in [-0.1, -0.05) is 18.2 Å². The van der Waals surface area contributed by atoms with Gasteiger partial charge in [-0.05, 0) is 37.8 Å². The average Bonchev–Trinajstić information content (AvgIpc) is 3.36. The van der Waals surface area contributed by atoms with Crippen LogP contribution < -0.4 is 10.1 Å². The van der Waals surface area contributed by atoms with Gasteiger partial charge in [-0.25, -0.2) is 9.97 Å². The van der Waals surface area contributed by atoms with Crippen molar-refractivity contribution in [1.82, 2.24) is 9.97 Å². The Morgan fingerprint density at radius 1 is 1.10 bits per heavy atom. The van der Waals surface area contributed by atoms with Crippen LogP contribution in [0, 0.1) is 0 Å². The van der Waals surface area contributed by atoms with E-state index < -0.39 is 0 Å². The molecule has 0 amide bonds. The average molecular weight is 281 g/mol. The molecule has 0 bridgehead atoms. The molecule has 1 aliphatic carbocycles. The van der Waals surface area contributed by atoms with Gasteiger partial charge in [-0.2, -0.15) is 0 Å². The number of hydrogen-bond donors (Lipinski definition) is 1. The monoisotopic (exact) mass is 281 g/mol. The largest absolute Gasteiger partial charge is 0.493 e. The fraction of sp³-hybridized carbons (Fsp3) is 0.412. The molecule has 0 radical (unpaired) electrons. The predicted molar refractivity (Wildman–Crippen MR) is 81.5 cm³/mol. The zero-order valence-electron chi connectivity index (χ0n) is 12.0. The van der Waals surface area contributed by atoms with Gasteiger partial charge in [0.15, 0.2) is 0 Å². The molecule has 2 heterocycles. The Balaban J connectivity index is 1.60. The third kappa shape index (κ3) is 2.71. The maximum atomic E-state index is 5.82. The smallest absolute Gasteiger partial charge is 0.133 e. The topological polar surface area (TPSA) is 47.0 Å². The summed E-state index contributed by atoms with van der Waals surface area (Å²) in [5, 5.41) is 3.57. The normalized spacial score (nSPS) is 21.0. The summed E-state index contributed by atoms with van der Waals surface area (Å²) >= 11 is 0. The van der Waals surface area contributed by atoms with Gasteiger partial charge in [0.2, 0.25) is 0 Å². The zero-order valence-corrected chi connectivity index (χ0v) is 12.0. The molecule has 0 saturated heterocycles. The van der Waals surface area contributed by atoms with Gasteiger partial charge in [0.25, 0.3) is 0 Å². The Morgan fingerprint density at radius 3 is 2.90 bits per heavy atom. The summed E-state index contributed by atoms with van der Waals surface area (Å²) in [4.78, 5) is 9.05. The van der Waals surface area contributed by atoms with Crippen molar-refractivity contribution in [2.75, 3.05) is 11.9 Å². The van der Waals surface area contributed by atoms with E-state index in [9.17, 15) is 0 Å². The van der Waals surface area contributed by atoms with Crippen LogP contribution in [-0.2, 0) is 0 Å². The first-order chi connectivity index (χ1) is 10.4. The summed E-state index contributed by atoms with van der Waals surface area (Å²) in [5.74, 6) is 3.48. The Bertz CT molecular complexity index is 639. The van der Waals surface area contributed by atoms with E-state index >= 15 is 0 Å². The van der Waals surface area contributed by atoms with E-state index in [2.05, 4.69) is 27.4 Å². The van der Waals surface area contributed by atoms with Crippen molar-refractivity contribution in [2.45, 2.75) is 37.6 Å². The molecule has 1 N–H and O–H groups in total. The second kappa shape index (κ2) is 5.35. The molecule has 2 aromatic rings. The standard InChI is InChI=1S/C17H19N3O/c1-2-6-15-13(4-1)14(5-3-11-21-15)19-16-9-10-18-17(20-16)12-7-8-12/h1-2,4,6,9-10,12,14H,3,5,7-8,11H2,(H,18,19,20). The number of para-hydroxylation sites is 1. The molecule has 1 saturated carbocycles. The number of nitrogens with zero attached hydrogens (tertiary/aromatic N) is 2. The van der Waals surface area contributed by atoms with Crippen molar-refractivity contribution in [1.29, 1.82) is 0 Å². The molecule has 1 atom stereocenters. The Labute approximate surface area is 124 Å². The van der Waals surface area contributed by atoms with Crippen molar-refractivity contribution in [2.24, 2.45) is 0 Å². The van der Waals surface area contributed by atoms with Crippen molar-refractivity contribution < 1.29 is 4.74 Å². The molecule has 0 spiro atoms. The molecular weight excluding hydrogens is 262 g/mol. The Morgan fingerprint density at radius 2 is 2.00 bits per heavy atom. The van der Waals surface area contributed by atoms with E-state index in [4.69, 9.17) is 4.74 Å². The second-order valence-electron chi connectivity index (χ2n) is 5.80. The van der Waals surface area contributed by atoms with Gasteiger partial charge in [-0.15, -0.1) is 0 Å². The van der Waals surface area contributed by atoms with E-state index in [1.54, 1.807) is 0 Å². The van der Waals surface area contributed by atoms with Gasteiger partial charge in [-0.3, -0.25) is 0 Å². The maximum absolute atomic E-state index is 5.82. The van der Waals surface area contributed by atoms with E-state index in [1.165, 1.54) is 18.4 Å². The van der Waals surface area contributed by atoms with Crippen LogP contribution in [0.25, 0.3) is 0 Å². The highest BCUT2D eigenvalue weighted by Gasteiger charge is 2.27. The number of anilines is 1. The minimum absolute atomic E-state index is 0.255. The summed E-state index contributed by atoms with van der Waals surface area (Å²) in [5.41, 5.74) is 1.22. The Hall–Kier alpha value is -2.10. The molecular formula is C17H19N3O. The summed E-state index contributed by atoms with van der Waals surface area (Å²) in [6.07, 6.45) is 6.42. The predicted octanol–water partition coefficient (Wildman–Crippen LogP) is 3.68. The van der Waals surface area contributed by atoms with Gasteiger partial charge in [0.1, 0.15) is 17.4 Å². The number of fused-ring (bicyclic) bond motifs is 1. The molecule has 108 valence electrons. The quantitative estimate of drug-likeness (QED) is 0.932. The minimum atomic E-state index is 0.255. The highest BCUT2D eigenvalue weighted by atomic mass is 16.5. The molecule has 1 aliphatic heterocycles. The molecule has 2 aliphatic rings. The van der Waals surface area contributed by atoms with Crippen molar-refractivity contribution in [3.63, 3.8) is 0 Å². The molecule has 4 heteroatoms. The van der Waals surface area contributed by atoms with Gasteiger partial charge in [0.05, 0.1) is 12.6 Å². The Kier molecular flexibility index (Phi) is 3.22. The number of hydrogen-bond acceptors (Lipinski definition) is 4. The number of aromatic nitrogens is 2. The first-order valence-corrected chi connectivity index (χ1v) is 7.71. The van der Waals surface area contributed by atoms with Gasteiger partial charge in [0, 0.05) is 17.7 Å². The molecule has 1 aromatic heterocycles. The van der Waals surface area contributed by atoms with Crippen molar-refractivity contribution in [3.05, 3.63) is 47.9 Å². The summed E-state index contributed by atoms with van der Waals surface area (Å²) in [6.45, 7) is 0.784. The maximum Gasteiger partial charge on any atom is 0.133 e. The molecule has 4 nitrogen and oxygen atoms in total. The lowest BCUT2D eigenvalue weighted by atomic mass is 10.0. The first-order valence-electron chi connectivity index (χ1n) is 7.71. The van der Waals surface area contributed by atoms with Crippen LogP contribution in [0.15, 0.2) is 36.5 Å². The van der Waals surface area contributed by atoms with Gasteiger partial charge < -0.3 is 10.1 Å². The molecule has 1 aromatic carbocycles. The van der Waals surface area contributed by atoms with Crippen LogP contribution in [0.1, 0.15) is 49.0 Å². The van der Waals surface area contributed by atoms with E-state index in [0.717, 1.165) is 36.8 Å². The van der Waals surface area contributed by atoms with E-state index in [-0.39, 0.29) is 6.04 Å². The first kappa shape index (κ1) is 12.6. The highest BCUT2D eigenvalue weighted by Crippen LogP contribution is 2.38. The summed E-state index contributed by atoms with van der Waals surface area (Å²) in [7, 11) is 0. The third-order valence-corrected chi connectivity index (χ3v) is 4.13. The van der Waals surface area contributed by atoms with Crippen LogP contribution in [-0.4, -0.2) is 16.6 Å². The molecule has 1 unspecified atom stereocenters. The molecule has 4 rings (SSSR count). The summed E-state index contributed by atoms with van der Waals surface area (Å²) in [6, 6.07) is 10.5. The fourth-order valence-corrected chi connectivity index (χ4v) is 2.85. The number of ether oxygens (including phenoxy) is 1. The van der Waals surface area contributed by atoms with Crippen LogP contribution in [0.2, 0.25) is 0 Å². The van der Waals surface area contributed by atoms with E-state index in [1.807, 2.05) is 24.4 Å². The van der Waals surface area contributed by atoms with Crippen LogP contribution in [0.4, 0.5) is 5.82 Å². The molecule has 1 fully saturated rings. The molecule has 21 heavy (non-hydrogen) atoms. The lowest BCUT2D eigenvalue weighted by Crippen LogP contribution is -2.12. The second-order valence-corrected chi connectivity index (χ2v) is 5.80. The highest BCUT2D eigenvalue weighted by molar-refractivity contribution is 5.43. The lowest BCUT2D eigenvalue weighted by molar-refractivity contribution is 0.316. The third-order valence-electron chi connectivity index (χ3n) is 4.13. The minimum Gasteiger partial charge on any atom is -0.493 e. The van der Waals surface area contributed by atoms with Crippen LogP contribution in [0.3, 0.4) is 0 Å². The SMILES string of the molecule is c1ccc2c(c1)OCCCC2Nc1ccnc(C2CC2)n1. The van der Waals surface area contributed by atoms with Gasteiger partial charge >= 0.3 is 0 Å². The zero-order chi connectivity index (χ0) is 14.1.